The van der Waals surface area contributed by atoms with Gasteiger partial charge in [-0.2, -0.15) is 39.5 Å². The Morgan fingerprint density at radius 2 is 1.31 bits per heavy atom. The average Bonchev–Trinajstić information content (AvgIpc) is 2.49. The second-order valence-corrected chi connectivity index (χ2v) is 7.60. The lowest BCUT2D eigenvalue weighted by molar-refractivity contribution is -0.397. The van der Waals surface area contributed by atoms with E-state index >= 15 is 0 Å². The molecule has 1 atom stereocenters. The van der Waals surface area contributed by atoms with E-state index in [1.165, 1.54) is 6.92 Å². The minimum Gasteiger partial charge on any atom is -0.463 e. The normalized spacial score (nSPS) is 15.1. The van der Waals surface area contributed by atoms with Gasteiger partial charge in [-0.05, 0) is 11.8 Å². The first-order valence-corrected chi connectivity index (χ1v) is 8.18. The lowest BCUT2D eigenvalue weighted by Gasteiger charge is -2.33. The summed E-state index contributed by atoms with van der Waals surface area (Å²) in [6, 6.07) is 0. The molecule has 0 fully saturated rings. The molecule has 0 heterocycles. The SMILES string of the molecule is CC(CC(C)(C)C)C(=O)OCC(=O)OCCC(F)(F)C(F)(F)C(F)(F)C(F)(F)F. The molecule has 4 nitrogen and oxygen atoms in total. The quantitative estimate of drug-likeness (QED) is 0.368. The van der Waals surface area contributed by atoms with Crippen molar-refractivity contribution in [1.82, 2.24) is 0 Å². The number of halogens is 9. The van der Waals surface area contributed by atoms with Crippen LogP contribution in [0.1, 0.15) is 40.5 Å². The standard InChI is InChI=1S/C16H21F9O4/c1-9(7-12(2,3)4)11(27)29-8-10(26)28-6-5-13(17,18)14(19,20)15(21,22)16(23,24)25/h9H,5-8H2,1-4H3. The molecule has 0 aliphatic heterocycles. The fourth-order valence-electron chi connectivity index (χ4n) is 2.17. The van der Waals surface area contributed by atoms with Crippen LogP contribution in [-0.2, 0) is 19.1 Å². The number of alkyl halides is 9. The summed E-state index contributed by atoms with van der Waals surface area (Å²) in [5, 5.41) is 0. The topological polar surface area (TPSA) is 52.6 Å². The van der Waals surface area contributed by atoms with E-state index in [0.29, 0.717) is 6.42 Å². The van der Waals surface area contributed by atoms with Gasteiger partial charge in [0.1, 0.15) is 0 Å². The number of carbonyl (C=O) groups excluding carboxylic acids is 2. The van der Waals surface area contributed by atoms with Crippen LogP contribution in [0.15, 0.2) is 0 Å². The van der Waals surface area contributed by atoms with E-state index in [2.05, 4.69) is 9.47 Å². The van der Waals surface area contributed by atoms with Crippen molar-refractivity contribution in [2.24, 2.45) is 11.3 Å². The highest BCUT2D eigenvalue weighted by Gasteiger charge is 2.81. The molecule has 0 saturated carbocycles. The molecule has 13 heteroatoms. The molecule has 0 amide bonds. The van der Waals surface area contributed by atoms with Gasteiger partial charge in [0, 0.05) is 0 Å². The van der Waals surface area contributed by atoms with E-state index in [1.54, 1.807) is 0 Å². The van der Waals surface area contributed by atoms with Crippen molar-refractivity contribution in [3.8, 4) is 0 Å². The van der Waals surface area contributed by atoms with Crippen LogP contribution in [0.5, 0.6) is 0 Å². The molecular weight excluding hydrogens is 427 g/mol. The molecule has 0 bridgehead atoms. The van der Waals surface area contributed by atoms with Crippen LogP contribution >= 0.6 is 0 Å². The van der Waals surface area contributed by atoms with Gasteiger partial charge in [-0.3, -0.25) is 4.79 Å². The maximum atomic E-state index is 13.2. The molecule has 172 valence electrons. The fraction of sp³-hybridized carbons (Fsp3) is 0.875. The van der Waals surface area contributed by atoms with E-state index in [1.807, 2.05) is 20.8 Å². The third-order valence-electron chi connectivity index (χ3n) is 3.54. The van der Waals surface area contributed by atoms with Gasteiger partial charge in [0.25, 0.3) is 0 Å². The number of hydrogen-bond donors (Lipinski definition) is 0. The number of hydrogen-bond acceptors (Lipinski definition) is 4. The molecule has 0 saturated heterocycles. The number of ether oxygens (including phenoxy) is 2. The zero-order chi connectivity index (χ0) is 23.5. The van der Waals surface area contributed by atoms with E-state index in [0.717, 1.165) is 0 Å². The molecule has 0 N–H and O–H groups in total. The molecule has 1 unspecified atom stereocenters. The summed E-state index contributed by atoms with van der Waals surface area (Å²) in [4.78, 5) is 22.9. The van der Waals surface area contributed by atoms with E-state index in [4.69, 9.17) is 0 Å². The van der Waals surface area contributed by atoms with Crippen LogP contribution in [0.3, 0.4) is 0 Å². The van der Waals surface area contributed by atoms with E-state index in [-0.39, 0.29) is 5.41 Å². The summed E-state index contributed by atoms with van der Waals surface area (Å²) in [5.74, 6) is -22.6. The van der Waals surface area contributed by atoms with Gasteiger partial charge < -0.3 is 9.47 Å². The van der Waals surface area contributed by atoms with E-state index < -0.39 is 61.4 Å². The minimum atomic E-state index is -7.01. The Balaban J connectivity index is 4.68. The lowest BCUT2D eigenvalue weighted by atomic mass is 9.85. The van der Waals surface area contributed by atoms with Crippen LogP contribution in [0.2, 0.25) is 0 Å². The first kappa shape index (κ1) is 27.3. The van der Waals surface area contributed by atoms with Crippen LogP contribution in [0, 0.1) is 11.3 Å². The van der Waals surface area contributed by atoms with E-state index in [9.17, 15) is 49.1 Å². The zero-order valence-corrected chi connectivity index (χ0v) is 15.9. The van der Waals surface area contributed by atoms with Crippen molar-refractivity contribution in [2.75, 3.05) is 13.2 Å². The molecule has 0 radical (unpaired) electrons. The second-order valence-electron chi connectivity index (χ2n) is 7.60. The fourth-order valence-corrected chi connectivity index (χ4v) is 2.17. The predicted molar refractivity (Wildman–Crippen MR) is 80.7 cm³/mol. The molecule has 0 aliphatic carbocycles. The van der Waals surface area contributed by atoms with Gasteiger partial charge in [-0.15, -0.1) is 0 Å². The van der Waals surface area contributed by atoms with Gasteiger partial charge in [-0.1, -0.05) is 27.7 Å². The van der Waals surface area contributed by atoms with Crippen molar-refractivity contribution in [1.29, 1.82) is 0 Å². The van der Waals surface area contributed by atoms with Crippen molar-refractivity contribution in [2.45, 2.75) is 64.5 Å². The largest absolute Gasteiger partial charge is 0.463 e. The molecular formula is C16H21F9O4. The first-order chi connectivity index (χ1) is 12.7. The molecule has 0 aromatic rings. The number of carbonyl (C=O) groups is 2. The zero-order valence-electron chi connectivity index (χ0n) is 15.9. The lowest BCUT2D eigenvalue weighted by Crippen LogP contribution is -2.61. The highest BCUT2D eigenvalue weighted by atomic mass is 19.4. The Bertz CT molecular complexity index is 580. The van der Waals surface area contributed by atoms with Gasteiger partial charge in [0.15, 0.2) is 6.61 Å². The summed E-state index contributed by atoms with van der Waals surface area (Å²) in [5.41, 5.74) is -0.256. The monoisotopic (exact) mass is 448 g/mol. The third-order valence-corrected chi connectivity index (χ3v) is 3.54. The van der Waals surface area contributed by atoms with Gasteiger partial charge in [0.05, 0.1) is 18.9 Å². The minimum absolute atomic E-state index is 0.256. The van der Waals surface area contributed by atoms with Gasteiger partial charge in [0.2, 0.25) is 0 Å². The summed E-state index contributed by atoms with van der Waals surface area (Å²) in [7, 11) is 0. The van der Waals surface area contributed by atoms with Crippen LogP contribution < -0.4 is 0 Å². The highest BCUT2D eigenvalue weighted by molar-refractivity contribution is 5.77. The van der Waals surface area contributed by atoms with Crippen molar-refractivity contribution < 1.29 is 58.6 Å². The molecule has 0 aromatic carbocycles. The predicted octanol–water partition coefficient (Wildman–Crippen LogP) is 5.00. The molecule has 0 aromatic heterocycles. The molecule has 0 aliphatic rings. The second kappa shape index (κ2) is 8.99. The van der Waals surface area contributed by atoms with Crippen molar-refractivity contribution in [3.63, 3.8) is 0 Å². The molecule has 29 heavy (non-hydrogen) atoms. The Morgan fingerprint density at radius 1 is 0.828 bits per heavy atom. The Hall–Kier alpha value is -1.69. The van der Waals surface area contributed by atoms with Gasteiger partial charge in [-0.25, -0.2) is 4.79 Å². The maximum absolute atomic E-state index is 13.2. The number of rotatable bonds is 9. The Morgan fingerprint density at radius 3 is 1.72 bits per heavy atom. The summed E-state index contributed by atoms with van der Waals surface area (Å²) in [6.45, 7) is 4.27. The smallest absolute Gasteiger partial charge is 0.460 e. The maximum Gasteiger partial charge on any atom is 0.460 e. The summed E-state index contributed by atoms with van der Waals surface area (Å²) >= 11 is 0. The van der Waals surface area contributed by atoms with Gasteiger partial charge >= 0.3 is 35.9 Å². The number of esters is 2. The first-order valence-electron chi connectivity index (χ1n) is 8.18. The highest BCUT2D eigenvalue weighted by Crippen LogP contribution is 2.53. The van der Waals surface area contributed by atoms with Crippen molar-refractivity contribution >= 4 is 11.9 Å². The van der Waals surface area contributed by atoms with Crippen LogP contribution in [0.4, 0.5) is 39.5 Å². The summed E-state index contributed by atoms with van der Waals surface area (Å²) < 4.78 is 122. The summed E-state index contributed by atoms with van der Waals surface area (Å²) in [6.07, 6.45) is -8.87. The average molecular weight is 448 g/mol. The van der Waals surface area contributed by atoms with Crippen molar-refractivity contribution in [3.05, 3.63) is 0 Å². The third kappa shape index (κ3) is 7.25. The Kier molecular flexibility index (Phi) is 8.46. The van der Waals surface area contributed by atoms with Crippen LogP contribution in [0.25, 0.3) is 0 Å². The van der Waals surface area contributed by atoms with Crippen LogP contribution in [-0.4, -0.2) is 49.1 Å². The molecule has 0 rings (SSSR count). The molecule has 0 spiro atoms. The Labute approximate surface area is 160 Å².